The van der Waals surface area contributed by atoms with Crippen molar-refractivity contribution in [2.75, 3.05) is 5.73 Å². The minimum absolute atomic E-state index is 0.392. The lowest BCUT2D eigenvalue weighted by atomic mass is 10.0. The number of para-hydroxylation sites is 2. The number of aromatic nitrogens is 2. The van der Waals surface area contributed by atoms with Gasteiger partial charge in [-0.25, -0.2) is 9.97 Å². The molecule has 0 saturated carbocycles. The summed E-state index contributed by atoms with van der Waals surface area (Å²) in [5, 5.41) is 0. The standard InChI is InChI=1S/C19H16N4O/c20-10-12-5-7-13(8-6-12)14-9-15(18(21)22-11-14)19-23-16-3-1-2-4-17(16)24-19/h1-9,11H,10,20H2,(H2,21,22). The van der Waals surface area contributed by atoms with Crippen molar-refractivity contribution in [2.24, 2.45) is 5.73 Å². The molecule has 2 aromatic carbocycles. The summed E-state index contributed by atoms with van der Waals surface area (Å²) in [4.78, 5) is 8.80. The molecule has 0 atom stereocenters. The van der Waals surface area contributed by atoms with E-state index in [4.69, 9.17) is 15.9 Å². The number of rotatable bonds is 3. The Morgan fingerprint density at radius 3 is 2.50 bits per heavy atom. The van der Waals surface area contributed by atoms with Crippen LogP contribution in [0.25, 0.3) is 33.7 Å². The van der Waals surface area contributed by atoms with E-state index in [0.717, 1.165) is 27.8 Å². The highest BCUT2D eigenvalue weighted by atomic mass is 16.3. The first-order chi connectivity index (χ1) is 11.7. The Kier molecular flexibility index (Phi) is 3.48. The highest BCUT2D eigenvalue weighted by molar-refractivity contribution is 5.80. The molecule has 0 fully saturated rings. The minimum Gasteiger partial charge on any atom is -0.436 e. The third-order valence-corrected chi connectivity index (χ3v) is 3.97. The fraction of sp³-hybridized carbons (Fsp3) is 0.0526. The van der Waals surface area contributed by atoms with Gasteiger partial charge in [-0.1, -0.05) is 36.4 Å². The molecule has 0 saturated heterocycles. The van der Waals surface area contributed by atoms with Crippen LogP contribution >= 0.6 is 0 Å². The summed E-state index contributed by atoms with van der Waals surface area (Å²) in [5.74, 6) is 0.866. The Morgan fingerprint density at radius 2 is 1.75 bits per heavy atom. The van der Waals surface area contributed by atoms with E-state index in [1.165, 1.54) is 0 Å². The van der Waals surface area contributed by atoms with Crippen LogP contribution in [0.5, 0.6) is 0 Å². The number of pyridine rings is 1. The topological polar surface area (TPSA) is 91.0 Å². The van der Waals surface area contributed by atoms with Crippen molar-refractivity contribution in [1.82, 2.24) is 9.97 Å². The SMILES string of the molecule is NCc1ccc(-c2cnc(N)c(-c3nc4ccccc4o3)c2)cc1. The van der Waals surface area contributed by atoms with E-state index >= 15 is 0 Å². The fourth-order valence-corrected chi connectivity index (χ4v) is 2.63. The van der Waals surface area contributed by atoms with Gasteiger partial charge in [-0.15, -0.1) is 0 Å². The largest absolute Gasteiger partial charge is 0.436 e. The smallest absolute Gasteiger partial charge is 0.231 e. The zero-order valence-electron chi connectivity index (χ0n) is 12.9. The van der Waals surface area contributed by atoms with Gasteiger partial charge in [-0.3, -0.25) is 0 Å². The maximum absolute atomic E-state index is 6.04. The number of nitrogen functional groups attached to an aromatic ring is 1. The van der Waals surface area contributed by atoms with Gasteiger partial charge >= 0.3 is 0 Å². The summed E-state index contributed by atoms with van der Waals surface area (Å²) in [5.41, 5.74) is 17.0. The van der Waals surface area contributed by atoms with Crippen molar-refractivity contribution >= 4 is 16.9 Å². The molecule has 0 unspecified atom stereocenters. The third-order valence-electron chi connectivity index (χ3n) is 3.97. The predicted octanol–water partition coefficient (Wildman–Crippen LogP) is 3.60. The molecule has 4 aromatic rings. The molecule has 0 spiro atoms. The first kappa shape index (κ1) is 14.4. The van der Waals surface area contributed by atoms with Crippen LogP contribution in [-0.2, 0) is 6.54 Å². The van der Waals surface area contributed by atoms with Crippen molar-refractivity contribution in [3.63, 3.8) is 0 Å². The van der Waals surface area contributed by atoms with Gasteiger partial charge in [-0.05, 0) is 29.3 Å². The Morgan fingerprint density at radius 1 is 0.958 bits per heavy atom. The molecule has 5 heteroatoms. The molecule has 0 radical (unpaired) electrons. The van der Waals surface area contributed by atoms with Crippen LogP contribution in [-0.4, -0.2) is 9.97 Å². The maximum Gasteiger partial charge on any atom is 0.231 e. The molecule has 4 N–H and O–H groups in total. The quantitative estimate of drug-likeness (QED) is 0.602. The van der Waals surface area contributed by atoms with E-state index in [-0.39, 0.29) is 0 Å². The number of anilines is 1. The molecule has 0 amide bonds. The van der Waals surface area contributed by atoms with Crippen LogP contribution in [0.2, 0.25) is 0 Å². The normalized spacial score (nSPS) is 11.0. The Hall–Kier alpha value is -3.18. The average molecular weight is 316 g/mol. The lowest BCUT2D eigenvalue weighted by molar-refractivity contribution is 0.620. The Balaban J connectivity index is 1.80. The van der Waals surface area contributed by atoms with E-state index in [2.05, 4.69) is 9.97 Å². The van der Waals surface area contributed by atoms with Gasteiger partial charge in [0.1, 0.15) is 11.3 Å². The van der Waals surface area contributed by atoms with Crippen LogP contribution in [0.15, 0.2) is 65.2 Å². The van der Waals surface area contributed by atoms with Gasteiger partial charge in [0.15, 0.2) is 5.58 Å². The van der Waals surface area contributed by atoms with E-state index in [9.17, 15) is 0 Å². The van der Waals surface area contributed by atoms with Crippen LogP contribution in [0, 0.1) is 0 Å². The second kappa shape index (κ2) is 5.79. The van der Waals surface area contributed by atoms with Crippen molar-refractivity contribution in [1.29, 1.82) is 0 Å². The van der Waals surface area contributed by atoms with E-state index in [1.54, 1.807) is 6.20 Å². The van der Waals surface area contributed by atoms with Crippen LogP contribution in [0.1, 0.15) is 5.56 Å². The van der Waals surface area contributed by atoms with E-state index < -0.39 is 0 Å². The summed E-state index contributed by atoms with van der Waals surface area (Å²) in [7, 11) is 0. The monoisotopic (exact) mass is 316 g/mol. The van der Waals surface area contributed by atoms with Crippen molar-refractivity contribution in [3.05, 3.63) is 66.4 Å². The maximum atomic E-state index is 6.04. The number of benzene rings is 2. The van der Waals surface area contributed by atoms with E-state index in [0.29, 0.717) is 23.8 Å². The number of hydrogen-bond acceptors (Lipinski definition) is 5. The molecule has 118 valence electrons. The van der Waals surface area contributed by atoms with Gasteiger partial charge in [0.25, 0.3) is 0 Å². The summed E-state index contributed by atoms with van der Waals surface area (Å²) < 4.78 is 5.81. The molecular formula is C19H16N4O. The number of hydrogen-bond donors (Lipinski definition) is 2. The Bertz CT molecular complexity index is 972. The first-order valence-electron chi connectivity index (χ1n) is 7.65. The zero-order chi connectivity index (χ0) is 16.5. The molecule has 4 rings (SSSR count). The van der Waals surface area contributed by atoms with Crippen LogP contribution in [0.3, 0.4) is 0 Å². The molecule has 24 heavy (non-hydrogen) atoms. The lowest BCUT2D eigenvalue weighted by Crippen LogP contribution is -1.96. The molecule has 0 aliphatic rings. The summed E-state index contributed by atoms with van der Waals surface area (Å²) in [6, 6.07) is 17.6. The number of nitrogens with two attached hydrogens (primary N) is 2. The first-order valence-corrected chi connectivity index (χ1v) is 7.65. The molecule has 2 aromatic heterocycles. The van der Waals surface area contributed by atoms with Crippen molar-refractivity contribution < 1.29 is 4.42 Å². The molecule has 0 aliphatic heterocycles. The predicted molar refractivity (Wildman–Crippen MR) is 95.0 cm³/mol. The van der Waals surface area contributed by atoms with Crippen LogP contribution in [0.4, 0.5) is 5.82 Å². The Labute approximate surface area is 139 Å². The average Bonchev–Trinajstić information content (AvgIpc) is 3.06. The van der Waals surface area contributed by atoms with Gasteiger partial charge in [0.05, 0.1) is 5.56 Å². The molecular weight excluding hydrogens is 300 g/mol. The summed E-state index contributed by atoms with van der Waals surface area (Å²) >= 11 is 0. The molecule has 5 nitrogen and oxygen atoms in total. The lowest BCUT2D eigenvalue weighted by Gasteiger charge is -2.06. The highest BCUT2D eigenvalue weighted by Crippen LogP contribution is 2.31. The third kappa shape index (κ3) is 2.51. The van der Waals surface area contributed by atoms with Gasteiger partial charge < -0.3 is 15.9 Å². The highest BCUT2D eigenvalue weighted by Gasteiger charge is 2.13. The van der Waals surface area contributed by atoms with Gasteiger partial charge in [-0.2, -0.15) is 0 Å². The van der Waals surface area contributed by atoms with Gasteiger partial charge in [0, 0.05) is 18.3 Å². The summed E-state index contributed by atoms with van der Waals surface area (Å²) in [6.07, 6.45) is 1.75. The van der Waals surface area contributed by atoms with Crippen molar-refractivity contribution in [2.45, 2.75) is 6.54 Å². The van der Waals surface area contributed by atoms with Crippen molar-refractivity contribution in [3.8, 4) is 22.6 Å². The second-order valence-electron chi connectivity index (χ2n) is 5.54. The number of fused-ring (bicyclic) bond motifs is 1. The molecule has 0 aliphatic carbocycles. The zero-order valence-corrected chi connectivity index (χ0v) is 12.9. The summed E-state index contributed by atoms with van der Waals surface area (Å²) in [6.45, 7) is 0.522. The molecule has 2 heterocycles. The fourth-order valence-electron chi connectivity index (χ4n) is 2.63. The number of oxazole rings is 1. The second-order valence-corrected chi connectivity index (χ2v) is 5.54. The van der Waals surface area contributed by atoms with E-state index in [1.807, 2.05) is 54.6 Å². The van der Waals surface area contributed by atoms with Crippen LogP contribution < -0.4 is 11.5 Å². The molecule has 0 bridgehead atoms. The minimum atomic E-state index is 0.392. The number of nitrogens with zero attached hydrogens (tertiary/aromatic N) is 2. The van der Waals surface area contributed by atoms with Gasteiger partial charge in [0.2, 0.25) is 5.89 Å².